The van der Waals surface area contributed by atoms with Crippen LogP contribution in [0.1, 0.15) is 52.5 Å². The zero-order valence-corrected chi connectivity index (χ0v) is 17.6. The molecule has 1 amide bonds. The van der Waals surface area contributed by atoms with Gasteiger partial charge in [-0.05, 0) is 24.5 Å². The van der Waals surface area contributed by atoms with Crippen LogP contribution in [0.15, 0.2) is 12.1 Å². The number of methoxy groups -OCH3 is 1. The molecule has 2 aliphatic heterocycles. The van der Waals surface area contributed by atoms with Gasteiger partial charge >= 0.3 is 12.1 Å². The van der Waals surface area contributed by atoms with E-state index >= 15 is 0 Å². The number of carbonyl (C=O) groups excluding carboxylic acids is 2. The molecule has 1 aromatic heterocycles. The fourth-order valence-corrected chi connectivity index (χ4v) is 4.62. The maximum atomic E-state index is 14.0. The molecule has 0 spiro atoms. The van der Waals surface area contributed by atoms with Gasteiger partial charge in [-0.2, -0.15) is 13.2 Å². The van der Waals surface area contributed by atoms with Crippen LogP contribution in [0.4, 0.5) is 26.3 Å². The highest BCUT2D eigenvalue weighted by atomic mass is 19.4. The molecule has 2 bridgehead atoms. The zero-order chi connectivity index (χ0) is 24.9. The molecule has 34 heavy (non-hydrogen) atoms. The van der Waals surface area contributed by atoms with Crippen molar-refractivity contribution in [3.63, 3.8) is 0 Å². The van der Waals surface area contributed by atoms with Gasteiger partial charge in [0.2, 0.25) is 11.7 Å². The monoisotopic (exact) mass is 491 g/mol. The summed E-state index contributed by atoms with van der Waals surface area (Å²) >= 11 is 0. The van der Waals surface area contributed by atoms with Gasteiger partial charge in [0, 0.05) is 25.1 Å². The molecule has 4 rings (SSSR count). The summed E-state index contributed by atoms with van der Waals surface area (Å²) in [5, 5.41) is 0. The summed E-state index contributed by atoms with van der Waals surface area (Å²) in [6.45, 7) is -0.0621. The molecule has 2 aromatic rings. The average molecular weight is 491 g/mol. The second kappa shape index (κ2) is 8.58. The first-order chi connectivity index (χ1) is 16.0. The Morgan fingerprint density at radius 1 is 1.24 bits per heavy atom. The molecule has 0 saturated carbocycles. The fraction of sp³-hybridized carbons (Fsp3) is 0.450. The van der Waals surface area contributed by atoms with E-state index in [2.05, 4.69) is 15.1 Å². The van der Waals surface area contributed by atoms with Crippen molar-refractivity contribution in [2.24, 2.45) is 5.84 Å². The first-order valence-electron chi connectivity index (χ1n) is 10.1. The lowest BCUT2D eigenvalue weighted by Gasteiger charge is -2.30. The van der Waals surface area contributed by atoms with Gasteiger partial charge < -0.3 is 14.2 Å². The summed E-state index contributed by atoms with van der Waals surface area (Å²) in [5.41, 5.74) is 1.53. The van der Waals surface area contributed by atoms with Crippen LogP contribution < -0.4 is 11.3 Å². The summed E-state index contributed by atoms with van der Waals surface area (Å²) in [6.07, 6.45) is -5.23. The minimum Gasteiger partial charge on any atom is -0.464 e. The largest absolute Gasteiger partial charge is 0.464 e. The normalized spacial score (nSPS) is 19.9. The maximum Gasteiger partial charge on any atom is 0.449 e. The van der Waals surface area contributed by atoms with E-state index < -0.39 is 65.1 Å². The molecular weight excluding hydrogens is 472 g/mol. The number of halogens is 6. The Balaban J connectivity index is 1.56. The Kier molecular flexibility index (Phi) is 6.06. The Hall–Kier alpha value is -3.13. The molecule has 1 aromatic carbocycles. The lowest BCUT2D eigenvalue weighted by molar-refractivity contribution is -0.148. The highest BCUT2D eigenvalue weighted by molar-refractivity contribution is 5.89. The van der Waals surface area contributed by atoms with Gasteiger partial charge in [-0.15, -0.1) is 0 Å². The molecule has 8 nitrogen and oxygen atoms in total. The number of fused-ring (bicyclic) bond motifs is 5. The molecule has 0 unspecified atom stereocenters. The Bertz CT molecular complexity index is 1150. The molecule has 184 valence electrons. The van der Waals surface area contributed by atoms with Crippen LogP contribution in [0.3, 0.4) is 0 Å². The lowest BCUT2D eigenvalue weighted by atomic mass is 10.0. The minimum atomic E-state index is -4.82. The summed E-state index contributed by atoms with van der Waals surface area (Å²) < 4.78 is 86.6. The van der Waals surface area contributed by atoms with E-state index in [0.717, 1.165) is 11.7 Å². The lowest BCUT2D eigenvalue weighted by Crippen LogP contribution is -2.43. The summed E-state index contributed by atoms with van der Waals surface area (Å²) in [4.78, 5) is 29.8. The molecule has 3 heterocycles. The molecule has 0 aliphatic carbocycles. The van der Waals surface area contributed by atoms with Crippen molar-refractivity contribution in [3.8, 4) is 0 Å². The van der Waals surface area contributed by atoms with E-state index in [4.69, 9.17) is 5.84 Å². The number of rotatable bonds is 6. The minimum absolute atomic E-state index is 0.0621. The second-order valence-electron chi connectivity index (χ2n) is 8.11. The highest BCUT2D eigenvalue weighted by Gasteiger charge is 2.53. The molecule has 2 aliphatic rings. The van der Waals surface area contributed by atoms with E-state index in [1.54, 1.807) is 0 Å². The van der Waals surface area contributed by atoms with E-state index in [-0.39, 0.29) is 37.1 Å². The van der Waals surface area contributed by atoms with E-state index in [1.165, 1.54) is 4.90 Å². The third-order valence-electron chi connectivity index (χ3n) is 6.07. The number of hydrogen-bond donors (Lipinski definition) is 2. The number of nitrogens with two attached hydrogens (primary N) is 1. The molecule has 0 radical (unpaired) electrons. The number of amides is 1. The molecule has 3 atom stereocenters. The van der Waals surface area contributed by atoms with Crippen molar-refractivity contribution in [2.45, 2.75) is 43.6 Å². The number of esters is 1. The van der Waals surface area contributed by atoms with Gasteiger partial charge in [0.1, 0.15) is 5.82 Å². The molecule has 1 fully saturated rings. The molecule has 1 saturated heterocycles. The zero-order valence-electron chi connectivity index (χ0n) is 17.6. The number of carbonyl (C=O) groups is 2. The summed E-state index contributed by atoms with van der Waals surface area (Å²) in [6, 6.07) is -1.44. The third kappa shape index (κ3) is 4.00. The average Bonchev–Trinajstić information content (AvgIpc) is 3.46. The number of ether oxygens (including phenoxy) is 1. The van der Waals surface area contributed by atoms with Crippen molar-refractivity contribution in [3.05, 3.63) is 52.4 Å². The molecule has 3 N–H and O–H groups in total. The van der Waals surface area contributed by atoms with E-state index in [1.807, 2.05) is 0 Å². The number of hydrogen-bond acceptors (Lipinski definition) is 6. The quantitative estimate of drug-likeness (QED) is 0.212. The second-order valence-corrected chi connectivity index (χ2v) is 8.11. The van der Waals surface area contributed by atoms with Gasteiger partial charge in [-0.3, -0.25) is 16.1 Å². The van der Waals surface area contributed by atoms with E-state index in [0.29, 0.717) is 12.1 Å². The van der Waals surface area contributed by atoms with Crippen molar-refractivity contribution in [2.75, 3.05) is 13.7 Å². The predicted octanol–water partition coefficient (Wildman–Crippen LogP) is 2.40. The SMILES string of the molecule is COC(=O)c1nc(C(F)(F)F)n2c1[C@@H]1C[C@H]2CN1C(=O)C[C@@H](Cc1cc(F)c(F)cc1F)NN. The number of aromatic nitrogens is 2. The van der Waals surface area contributed by atoms with Crippen molar-refractivity contribution in [1.29, 1.82) is 0 Å². The van der Waals surface area contributed by atoms with Crippen LogP contribution in [0.2, 0.25) is 0 Å². The van der Waals surface area contributed by atoms with Gasteiger partial charge in [-0.1, -0.05) is 0 Å². The number of hydrazine groups is 1. The molecular formula is C20H19F6N5O3. The topological polar surface area (TPSA) is 102 Å². The summed E-state index contributed by atoms with van der Waals surface area (Å²) in [7, 11) is 1.01. The first-order valence-corrected chi connectivity index (χ1v) is 10.1. The number of nitrogens with one attached hydrogen (secondary N) is 1. The Labute approximate surface area is 188 Å². The Morgan fingerprint density at radius 3 is 2.53 bits per heavy atom. The summed E-state index contributed by atoms with van der Waals surface area (Å²) in [5.74, 6) is -1.01. The van der Waals surface area contributed by atoms with Crippen LogP contribution in [-0.2, 0) is 22.1 Å². The van der Waals surface area contributed by atoms with Crippen LogP contribution in [0.25, 0.3) is 0 Å². The van der Waals surface area contributed by atoms with Crippen molar-refractivity contribution < 1.29 is 40.7 Å². The Morgan fingerprint density at radius 2 is 1.91 bits per heavy atom. The van der Waals surface area contributed by atoms with Crippen LogP contribution >= 0.6 is 0 Å². The van der Waals surface area contributed by atoms with Crippen LogP contribution in [-0.4, -0.2) is 46.0 Å². The first kappa shape index (κ1) is 24.0. The van der Waals surface area contributed by atoms with Crippen molar-refractivity contribution >= 4 is 11.9 Å². The van der Waals surface area contributed by atoms with Gasteiger partial charge in [0.25, 0.3) is 0 Å². The number of nitrogens with zero attached hydrogens (tertiary/aromatic N) is 3. The van der Waals surface area contributed by atoms with Crippen molar-refractivity contribution in [1.82, 2.24) is 19.9 Å². The van der Waals surface area contributed by atoms with Gasteiger partial charge in [0.15, 0.2) is 17.3 Å². The smallest absolute Gasteiger partial charge is 0.449 e. The predicted molar refractivity (Wildman–Crippen MR) is 102 cm³/mol. The number of likely N-dealkylation sites (tertiary alicyclic amines) is 1. The van der Waals surface area contributed by atoms with Gasteiger partial charge in [0.05, 0.1) is 24.9 Å². The number of alkyl halides is 3. The van der Waals surface area contributed by atoms with Crippen LogP contribution in [0, 0.1) is 17.5 Å². The number of benzene rings is 1. The van der Waals surface area contributed by atoms with Gasteiger partial charge in [-0.25, -0.2) is 22.9 Å². The third-order valence-corrected chi connectivity index (χ3v) is 6.07. The fourth-order valence-electron chi connectivity index (χ4n) is 4.62. The molecule has 14 heteroatoms. The van der Waals surface area contributed by atoms with E-state index in [9.17, 15) is 35.9 Å². The maximum absolute atomic E-state index is 14.0. The van der Waals surface area contributed by atoms with Crippen LogP contribution in [0.5, 0.6) is 0 Å². The highest BCUT2D eigenvalue weighted by Crippen LogP contribution is 2.50. The number of imidazole rings is 1. The standard InChI is InChI=1S/C20H19F6N5O3/c1-34-18(33)16-17-14-5-10(31(17)19(28-16)20(24,25)26)7-30(14)15(32)4-9(29-27)2-8-3-12(22)13(23)6-11(8)21/h3,6,9-10,14,29H,2,4-5,7,27H2,1H3/t9-,10+,14+/m1/s1.